The molecule has 32 heavy (non-hydrogen) atoms. The lowest BCUT2D eigenvalue weighted by atomic mass is 9.97. The van der Waals surface area contributed by atoms with Gasteiger partial charge in [-0.05, 0) is 48.2 Å². The summed E-state index contributed by atoms with van der Waals surface area (Å²) in [6.07, 6.45) is 0.921. The SMILES string of the molecule is O=C(Nc1ccc(C2OCC(=O)N(Cc3ccc(F)cc3)C2CO)cc1)C1CCOCC1. The lowest BCUT2D eigenvalue weighted by molar-refractivity contribution is -0.162. The maximum atomic E-state index is 13.2. The second-order valence-corrected chi connectivity index (χ2v) is 8.13. The fourth-order valence-corrected chi connectivity index (χ4v) is 4.17. The van der Waals surface area contributed by atoms with Crippen LogP contribution in [0.2, 0.25) is 0 Å². The number of carbonyl (C=O) groups excluding carboxylic acids is 2. The van der Waals surface area contributed by atoms with Crippen LogP contribution in [0.15, 0.2) is 48.5 Å². The molecule has 0 radical (unpaired) electrons. The van der Waals surface area contributed by atoms with Gasteiger partial charge >= 0.3 is 0 Å². The van der Waals surface area contributed by atoms with Crippen LogP contribution in [0.25, 0.3) is 0 Å². The molecule has 0 aromatic heterocycles. The van der Waals surface area contributed by atoms with Crippen LogP contribution < -0.4 is 5.32 Å². The maximum Gasteiger partial charge on any atom is 0.249 e. The number of benzene rings is 2. The first-order valence-electron chi connectivity index (χ1n) is 10.8. The number of carbonyl (C=O) groups is 2. The van der Waals surface area contributed by atoms with E-state index in [0.29, 0.717) is 18.9 Å². The van der Waals surface area contributed by atoms with E-state index in [1.807, 2.05) is 12.1 Å². The van der Waals surface area contributed by atoms with E-state index in [-0.39, 0.29) is 43.3 Å². The Morgan fingerprint density at radius 3 is 2.44 bits per heavy atom. The van der Waals surface area contributed by atoms with Crippen LogP contribution in [0.3, 0.4) is 0 Å². The second kappa shape index (κ2) is 10.2. The molecule has 2 aromatic carbocycles. The summed E-state index contributed by atoms with van der Waals surface area (Å²) in [5.41, 5.74) is 2.25. The molecule has 2 heterocycles. The van der Waals surface area contributed by atoms with E-state index in [4.69, 9.17) is 9.47 Å². The second-order valence-electron chi connectivity index (χ2n) is 8.13. The Morgan fingerprint density at radius 2 is 1.78 bits per heavy atom. The van der Waals surface area contributed by atoms with Crippen molar-refractivity contribution in [2.75, 3.05) is 31.7 Å². The molecule has 2 aromatic rings. The van der Waals surface area contributed by atoms with Gasteiger partial charge in [-0.1, -0.05) is 24.3 Å². The van der Waals surface area contributed by atoms with Crippen molar-refractivity contribution < 1.29 is 28.6 Å². The van der Waals surface area contributed by atoms with E-state index in [0.717, 1.165) is 24.0 Å². The Balaban J connectivity index is 1.45. The molecule has 2 aliphatic rings. The lowest BCUT2D eigenvalue weighted by Gasteiger charge is -2.40. The summed E-state index contributed by atoms with van der Waals surface area (Å²) in [4.78, 5) is 26.5. The van der Waals surface area contributed by atoms with Gasteiger partial charge in [-0.25, -0.2) is 4.39 Å². The molecule has 0 saturated carbocycles. The number of anilines is 1. The smallest absolute Gasteiger partial charge is 0.249 e. The van der Waals surface area contributed by atoms with Crippen molar-refractivity contribution >= 4 is 17.5 Å². The summed E-state index contributed by atoms with van der Waals surface area (Å²) < 4.78 is 24.3. The number of rotatable bonds is 6. The van der Waals surface area contributed by atoms with Crippen molar-refractivity contribution in [3.05, 3.63) is 65.5 Å². The third kappa shape index (κ3) is 5.15. The molecule has 2 fully saturated rings. The predicted molar refractivity (Wildman–Crippen MR) is 115 cm³/mol. The fourth-order valence-electron chi connectivity index (χ4n) is 4.17. The van der Waals surface area contributed by atoms with Crippen molar-refractivity contribution in [1.82, 2.24) is 4.90 Å². The van der Waals surface area contributed by atoms with E-state index >= 15 is 0 Å². The highest BCUT2D eigenvalue weighted by atomic mass is 19.1. The van der Waals surface area contributed by atoms with Crippen molar-refractivity contribution in [3.63, 3.8) is 0 Å². The number of nitrogens with zero attached hydrogens (tertiary/aromatic N) is 1. The predicted octanol–water partition coefficient (Wildman–Crippen LogP) is 2.65. The molecule has 8 heteroatoms. The van der Waals surface area contributed by atoms with Crippen molar-refractivity contribution in [1.29, 1.82) is 0 Å². The van der Waals surface area contributed by atoms with Crippen LogP contribution in [0.4, 0.5) is 10.1 Å². The molecule has 2 N–H and O–H groups in total. The van der Waals surface area contributed by atoms with Crippen LogP contribution in [0, 0.1) is 11.7 Å². The molecular weight excluding hydrogens is 415 g/mol. The van der Waals surface area contributed by atoms with Gasteiger partial charge in [0.2, 0.25) is 11.8 Å². The monoisotopic (exact) mass is 442 g/mol. The Morgan fingerprint density at radius 1 is 1.09 bits per heavy atom. The summed E-state index contributed by atoms with van der Waals surface area (Å²) >= 11 is 0. The van der Waals surface area contributed by atoms with Gasteiger partial charge in [0.05, 0.1) is 12.6 Å². The van der Waals surface area contributed by atoms with Gasteiger partial charge in [-0.2, -0.15) is 0 Å². The zero-order valence-electron chi connectivity index (χ0n) is 17.7. The molecule has 2 amide bonds. The number of halogens is 1. The fraction of sp³-hybridized carbons (Fsp3) is 0.417. The number of nitrogens with one attached hydrogen (secondary N) is 1. The number of morpholine rings is 1. The maximum absolute atomic E-state index is 13.2. The molecule has 7 nitrogen and oxygen atoms in total. The van der Waals surface area contributed by atoms with Crippen LogP contribution in [0.5, 0.6) is 0 Å². The first-order chi connectivity index (χ1) is 15.5. The molecule has 0 aliphatic carbocycles. The minimum absolute atomic E-state index is 0.0146. The van der Waals surface area contributed by atoms with Crippen LogP contribution in [-0.2, 0) is 25.6 Å². The molecule has 2 unspecified atom stereocenters. The minimum Gasteiger partial charge on any atom is -0.394 e. The van der Waals surface area contributed by atoms with Gasteiger partial charge in [0, 0.05) is 31.4 Å². The van der Waals surface area contributed by atoms with Gasteiger partial charge in [0.15, 0.2) is 0 Å². The van der Waals surface area contributed by atoms with E-state index in [9.17, 15) is 19.1 Å². The van der Waals surface area contributed by atoms with Crippen LogP contribution >= 0.6 is 0 Å². The summed E-state index contributed by atoms with van der Waals surface area (Å²) in [7, 11) is 0. The first-order valence-corrected chi connectivity index (χ1v) is 10.8. The number of ether oxygens (including phenoxy) is 2. The Kier molecular flexibility index (Phi) is 7.14. The molecule has 2 aliphatic heterocycles. The van der Waals surface area contributed by atoms with Gasteiger partial charge in [0.1, 0.15) is 18.5 Å². The topological polar surface area (TPSA) is 88.1 Å². The molecule has 2 atom stereocenters. The van der Waals surface area contributed by atoms with Crippen molar-refractivity contribution in [2.45, 2.75) is 31.5 Å². The lowest BCUT2D eigenvalue weighted by Crippen LogP contribution is -2.52. The number of hydrogen-bond acceptors (Lipinski definition) is 5. The van der Waals surface area contributed by atoms with E-state index in [1.165, 1.54) is 12.1 Å². The van der Waals surface area contributed by atoms with Crippen LogP contribution in [0.1, 0.15) is 30.1 Å². The Labute approximate surface area is 186 Å². The quantitative estimate of drug-likeness (QED) is 0.718. The highest BCUT2D eigenvalue weighted by Gasteiger charge is 2.37. The number of amides is 2. The van der Waals surface area contributed by atoms with Crippen LogP contribution in [-0.4, -0.2) is 54.3 Å². The highest BCUT2D eigenvalue weighted by molar-refractivity contribution is 5.92. The Bertz CT molecular complexity index is 928. The average Bonchev–Trinajstić information content (AvgIpc) is 2.82. The number of hydrogen-bond donors (Lipinski definition) is 2. The standard InChI is InChI=1S/C24H27FN2O5/c25-19-5-1-16(2-6-19)13-27-21(14-28)23(32-15-22(27)29)17-3-7-20(8-4-17)26-24(30)18-9-11-31-12-10-18/h1-8,18,21,23,28H,9-15H2,(H,26,30). The molecule has 2 saturated heterocycles. The first kappa shape index (κ1) is 22.4. The number of aliphatic hydroxyl groups excluding tert-OH is 1. The van der Waals surface area contributed by atoms with Crippen molar-refractivity contribution in [3.8, 4) is 0 Å². The third-order valence-electron chi connectivity index (χ3n) is 6.01. The molecule has 170 valence electrons. The van der Waals surface area contributed by atoms with Crippen molar-refractivity contribution in [2.24, 2.45) is 5.92 Å². The average molecular weight is 442 g/mol. The number of aliphatic hydroxyl groups is 1. The zero-order chi connectivity index (χ0) is 22.5. The summed E-state index contributed by atoms with van der Waals surface area (Å²) in [6, 6.07) is 12.6. The highest BCUT2D eigenvalue weighted by Crippen LogP contribution is 2.31. The van der Waals surface area contributed by atoms with Gasteiger partial charge in [-0.3, -0.25) is 9.59 Å². The van der Waals surface area contributed by atoms with E-state index < -0.39 is 12.1 Å². The summed E-state index contributed by atoms with van der Waals surface area (Å²) in [5.74, 6) is -0.637. The molecular formula is C24H27FN2O5. The van der Waals surface area contributed by atoms with E-state index in [1.54, 1.807) is 29.2 Å². The summed E-state index contributed by atoms with van der Waals surface area (Å²) in [5, 5.41) is 13.0. The molecule has 0 bridgehead atoms. The third-order valence-corrected chi connectivity index (χ3v) is 6.01. The zero-order valence-corrected chi connectivity index (χ0v) is 17.7. The van der Waals surface area contributed by atoms with Gasteiger partial charge in [0.25, 0.3) is 0 Å². The van der Waals surface area contributed by atoms with Gasteiger partial charge in [-0.15, -0.1) is 0 Å². The summed E-state index contributed by atoms with van der Waals surface area (Å²) in [6.45, 7) is 1.07. The molecule has 4 rings (SSSR count). The normalized spacial score (nSPS) is 22.1. The molecule has 0 spiro atoms. The Hall–Kier alpha value is -2.81. The largest absolute Gasteiger partial charge is 0.394 e. The van der Waals surface area contributed by atoms with E-state index in [2.05, 4.69) is 5.32 Å². The van der Waals surface area contributed by atoms with Gasteiger partial charge < -0.3 is 24.8 Å². The minimum atomic E-state index is -0.580.